The molecule has 0 bridgehead atoms. The number of carbonyl (C=O) groups excluding carboxylic acids is 2. The van der Waals surface area contributed by atoms with Crippen LogP contribution in [0.1, 0.15) is 35.2 Å². The minimum Gasteiger partial charge on any atom is -0.376 e. The lowest BCUT2D eigenvalue weighted by atomic mass is 10.1. The molecule has 2 heterocycles. The highest BCUT2D eigenvalue weighted by Crippen LogP contribution is 2.12. The summed E-state index contributed by atoms with van der Waals surface area (Å²) < 4.78 is 5.53. The van der Waals surface area contributed by atoms with E-state index in [0.29, 0.717) is 19.6 Å². The Morgan fingerprint density at radius 1 is 1.19 bits per heavy atom. The molecule has 3 rings (SSSR count). The molecule has 0 radical (unpaired) electrons. The van der Waals surface area contributed by atoms with Crippen molar-refractivity contribution in [3.05, 3.63) is 35.4 Å². The highest BCUT2D eigenvalue weighted by molar-refractivity contribution is 5.94. The first-order valence-electron chi connectivity index (χ1n) is 9.58. The molecule has 26 heavy (non-hydrogen) atoms. The summed E-state index contributed by atoms with van der Waals surface area (Å²) in [6.07, 6.45) is 3.17. The van der Waals surface area contributed by atoms with Gasteiger partial charge in [0.25, 0.3) is 5.91 Å². The molecule has 1 N–H and O–H groups in total. The van der Waals surface area contributed by atoms with E-state index in [0.717, 1.165) is 56.6 Å². The third kappa shape index (κ3) is 5.29. The third-order valence-corrected chi connectivity index (χ3v) is 5.06. The van der Waals surface area contributed by atoms with Gasteiger partial charge >= 0.3 is 0 Å². The number of aryl methyl sites for hydroxylation is 1. The van der Waals surface area contributed by atoms with Crippen molar-refractivity contribution in [2.24, 2.45) is 0 Å². The van der Waals surface area contributed by atoms with Crippen LogP contribution in [-0.2, 0) is 9.53 Å². The molecule has 0 saturated carbocycles. The highest BCUT2D eigenvalue weighted by Gasteiger charge is 2.22. The van der Waals surface area contributed by atoms with Gasteiger partial charge < -0.3 is 15.0 Å². The average molecular weight is 359 g/mol. The van der Waals surface area contributed by atoms with Gasteiger partial charge in [-0.15, -0.1) is 0 Å². The Morgan fingerprint density at radius 2 is 2.08 bits per heavy atom. The van der Waals surface area contributed by atoms with Crippen LogP contribution in [-0.4, -0.2) is 73.6 Å². The fraction of sp³-hybridized carbons (Fsp3) is 0.600. The molecule has 0 spiro atoms. The molecule has 2 fully saturated rings. The van der Waals surface area contributed by atoms with Crippen molar-refractivity contribution < 1.29 is 14.3 Å². The first-order chi connectivity index (χ1) is 12.6. The second-order valence-corrected chi connectivity index (χ2v) is 7.23. The molecule has 142 valence electrons. The zero-order valence-electron chi connectivity index (χ0n) is 15.6. The van der Waals surface area contributed by atoms with Crippen LogP contribution in [0.15, 0.2) is 24.3 Å². The standard InChI is InChI=1S/C20H29N3O3/c1-16-5-2-6-17(13-16)20(25)23-9-4-8-22(10-11-23)15-19(24)21-14-18-7-3-12-26-18/h2,5-6,13,18H,3-4,7-12,14-15H2,1H3,(H,21,24). The van der Waals surface area contributed by atoms with E-state index < -0.39 is 0 Å². The Morgan fingerprint density at radius 3 is 2.85 bits per heavy atom. The van der Waals surface area contributed by atoms with Gasteiger partial charge in [0.1, 0.15) is 0 Å². The van der Waals surface area contributed by atoms with E-state index in [4.69, 9.17) is 4.74 Å². The molecule has 2 aliphatic rings. The second kappa shape index (κ2) is 9.14. The van der Waals surface area contributed by atoms with Gasteiger partial charge in [-0.2, -0.15) is 0 Å². The number of hydrogen-bond donors (Lipinski definition) is 1. The van der Waals surface area contributed by atoms with Crippen LogP contribution >= 0.6 is 0 Å². The van der Waals surface area contributed by atoms with Gasteiger partial charge in [-0.1, -0.05) is 17.7 Å². The number of hydrogen-bond acceptors (Lipinski definition) is 4. The van der Waals surface area contributed by atoms with Crippen LogP contribution < -0.4 is 5.32 Å². The normalized spacial score (nSPS) is 21.4. The minimum atomic E-state index is 0.0407. The van der Waals surface area contributed by atoms with E-state index in [9.17, 15) is 9.59 Å². The SMILES string of the molecule is Cc1cccc(C(=O)N2CCCN(CC(=O)NCC3CCCO3)CC2)c1. The fourth-order valence-electron chi connectivity index (χ4n) is 3.58. The lowest BCUT2D eigenvalue weighted by molar-refractivity contribution is -0.122. The fourth-order valence-corrected chi connectivity index (χ4v) is 3.58. The number of amides is 2. The first kappa shape index (κ1) is 18.9. The van der Waals surface area contributed by atoms with E-state index in [-0.39, 0.29) is 17.9 Å². The molecule has 2 amide bonds. The predicted octanol–water partition coefficient (Wildman–Crippen LogP) is 1.44. The van der Waals surface area contributed by atoms with Crippen molar-refractivity contribution in [2.75, 3.05) is 45.9 Å². The molecule has 6 nitrogen and oxygen atoms in total. The van der Waals surface area contributed by atoms with Gasteiger partial charge in [0, 0.05) is 44.9 Å². The highest BCUT2D eigenvalue weighted by atomic mass is 16.5. The molecule has 2 saturated heterocycles. The number of carbonyl (C=O) groups is 2. The molecular formula is C20H29N3O3. The Bertz CT molecular complexity index is 628. The van der Waals surface area contributed by atoms with Crippen LogP contribution in [0.25, 0.3) is 0 Å². The Labute approximate surface area is 155 Å². The molecule has 1 unspecified atom stereocenters. The minimum absolute atomic E-state index is 0.0407. The summed E-state index contributed by atoms with van der Waals surface area (Å²) in [5, 5.41) is 2.97. The first-order valence-corrected chi connectivity index (χ1v) is 9.58. The van der Waals surface area contributed by atoms with Crippen LogP contribution in [0.3, 0.4) is 0 Å². The van der Waals surface area contributed by atoms with Crippen LogP contribution in [0, 0.1) is 6.92 Å². The molecule has 2 aliphatic heterocycles. The summed E-state index contributed by atoms with van der Waals surface area (Å²) in [5.41, 5.74) is 1.84. The molecule has 6 heteroatoms. The average Bonchev–Trinajstić information content (AvgIpc) is 3.05. The van der Waals surface area contributed by atoms with Crippen molar-refractivity contribution in [2.45, 2.75) is 32.3 Å². The molecular weight excluding hydrogens is 330 g/mol. The number of nitrogens with one attached hydrogen (secondary N) is 1. The summed E-state index contributed by atoms with van der Waals surface area (Å²) in [4.78, 5) is 28.9. The zero-order valence-corrected chi connectivity index (χ0v) is 15.6. The van der Waals surface area contributed by atoms with Gasteiger partial charge in [-0.3, -0.25) is 14.5 Å². The smallest absolute Gasteiger partial charge is 0.253 e. The number of benzene rings is 1. The van der Waals surface area contributed by atoms with Gasteiger partial charge in [0.05, 0.1) is 12.6 Å². The summed E-state index contributed by atoms with van der Waals surface area (Å²) in [6.45, 7) is 6.75. The predicted molar refractivity (Wildman–Crippen MR) is 100 cm³/mol. The van der Waals surface area contributed by atoms with E-state index in [2.05, 4.69) is 10.2 Å². The monoisotopic (exact) mass is 359 g/mol. The maximum absolute atomic E-state index is 12.7. The summed E-state index contributed by atoms with van der Waals surface area (Å²) >= 11 is 0. The summed E-state index contributed by atoms with van der Waals surface area (Å²) in [7, 11) is 0. The molecule has 1 aromatic carbocycles. The van der Waals surface area contributed by atoms with Crippen molar-refractivity contribution in [3.8, 4) is 0 Å². The molecule has 0 aliphatic carbocycles. The van der Waals surface area contributed by atoms with Gasteiger partial charge in [0.15, 0.2) is 0 Å². The zero-order chi connectivity index (χ0) is 18.4. The number of rotatable bonds is 5. The van der Waals surface area contributed by atoms with Crippen LogP contribution in [0.5, 0.6) is 0 Å². The lowest BCUT2D eigenvalue weighted by Crippen LogP contribution is -2.42. The van der Waals surface area contributed by atoms with Crippen LogP contribution in [0.2, 0.25) is 0 Å². The Kier molecular flexibility index (Phi) is 6.63. The molecule has 0 aromatic heterocycles. The van der Waals surface area contributed by atoms with Crippen LogP contribution in [0.4, 0.5) is 0 Å². The van der Waals surface area contributed by atoms with E-state index in [1.165, 1.54) is 0 Å². The quantitative estimate of drug-likeness (QED) is 0.864. The Hall–Kier alpha value is -1.92. The Balaban J connectivity index is 1.45. The lowest BCUT2D eigenvalue weighted by Gasteiger charge is -2.22. The number of ether oxygens (including phenoxy) is 1. The van der Waals surface area contributed by atoms with Gasteiger partial charge in [-0.05, 0) is 38.3 Å². The van der Waals surface area contributed by atoms with E-state index in [1.807, 2.05) is 36.1 Å². The number of nitrogens with zero attached hydrogens (tertiary/aromatic N) is 2. The van der Waals surface area contributed by atoms with Gasteiger partial charge in [0.2, 0.25) is 5.91 Å². The maximum Gasteiger partial charge on any atom is 0.253 e. The largest absolute Gasteiger partial charge is 0.376 e. The topological polar surface area (TPSA) is 61.9 Å². The van der Waals surface area contributed by atoms with Gasteiger partial charge in [-0.25, -0.2) is 0 Å². The van der Waals surface area contributed by atoms with Crippen molar-refractivity contribution in [3.63, 3.8) is 0 Å². The second-order valence-electron chi connectivity index (χ2n) is 7.23. The third-order valence-electron chi connectivity index (χ3n) is 5.06. The van der Waals surface area contributed by atoms with E-state index in [1.54, 1.807) is 0 Å². The van der Waals surface area contributed by atoms with Crippen molar-refractivity contribution >= 4 is 11.8 Å². The molecule has 1 atom stereocenters. The summed E-state index contributed by atoms with van der Waals surface area (Å²) in [5.74, 6) is 0.123. The van der Waals surface area contributed by atoms with Crippen molar-refractivity contribution in [1.82, 2.24) is 15.1 Å². The summed E-state index contributed by atoms with van der Waals surface area (Å²) in [6, 6.07) is 7.72. The maximum atomic E-state index is 12.7. The van der Waals surface area contributed by atoms with Crippen molar-refractivity contribution in [1.29, 1.82) is 0 Å². The van der Waals surface area contributed by atoms with E-state index >= 15 is 0 Å². The molecule has 1 aromatic rings.